The first kappa shape index (κ1) is 15.9. The van der Waals surface area contributed by atoms with Crippen molar-refractivity contribution >= 4 is 15.9 Å². The lowest BCUT2D eigenvalue weighted by Crippen LogP contribution is -2.61. The van der Waals surface area contributed by atoms with Crippen LogP contribution in [0.2, 0.25) is 0 Å². The molecular formula is C16H24BrFN2. The molecule has 4 heteroatoms. The van der Waals surface area contributed by atoms with E-state index in [-0.39, 0.29) is 16.9 Å². The van der Waals surface area contributed by atoms with Crippen LogP contribution in [0.3, 0.4) is 0 Å². The Hall–Kier alpha value is -0.450. The Morgan fingerprint density at radius 1 is 1.25 bits per heavy atom. The van der Waals surface area contributed by atoms with E-state index >= 15 is 0 Å². The van der Waals surface area contributed by atoms with Crippen molar-refractivity contribution in [2.45, 2.75) is 64.2 Å². The fourth-order valence-electron chi connectivity index (χ4n) is 3.39. The van der Waals surface area contributed by atoms with Crippen molar-refractivity contribution in [2.75, 3.05) is 0 Å². The highest BCUT2D eigenvalue weighted by Gasteiger charge is 2.37. The Morgan fingerprint density at radius 3 is 2.40 bits per heavy atom. The molecule has 1 fully saturated rings. The first-order valence-electron chi connectivity index (χ1n) is 7.14. The van der Waals surface area contributed by atoms with Gasteiger partial charge in [0.1, 0.15) is 5.82 Å². The molecule has 0 amide bonds. The van der Waals surface area contributed by atoms with Crippen LogP contribution in [-0.4, -0.2) is 17.1 Å². The fourth-order valence-corrected chi connectivity index (χ4v) is 3.88. The van der Waals surface area contributed by atoms with Gasteiger partial charge in [0.2, 0.25) is 0 Å². The van der Waals surface area contributed by atoms with Crippen LogP contribution in [0.5, 0.6) is 0 Å². The molecule has 0 unspecified atom stereocenters. The van der Waals surface area contributed by atoms with E-state index in [1.54, 1.807) is 0 Å². The summed E-state index contributed by atoms with van der Waals surface area (Å²) in [5.41, 5.74) is 1.37. The number of piperidine rings is 1. The maximum atomic E-state index is 13.1. The van der Waals surface area contributed by atoms with Crippen molar-refractivity contribution < 1.29 is 4.39 Å². The maximum Gasteiger partial charge on any atom is 0.124 e. The van der Waals surface area contributed by atoms with Crippen molar-refractivity contribution in [3.63, 3.8) is 0 Å². The predicted molar refractivity (Wildman–Crippen MR) is 85.3 cm³/mol. The third kappa shape index (κ3) is 4.27. The van der Waals surface area contributed by atoms with E-state index in [1.807, 2.05) is 6.07 Å². The molecule has 1 aromatic rings. The van der Waals surface area contributed by atoms with Crippen molar-refractivity contribution in [3.8, 4) is 0 Å². The zero-order chi connectivity index (χ0) is 15.0. The van der Waals surface area contributed by atoms with Gasteiger partial charge < -0.3 is 10.6 Å². The fraction of sp³-hybridized carbons (Fsp3) is 0.625. The van der Waals surface area contributed by atoms with Crippen LogP contribution in [0.1, 0.15) is 46.1 Å². The van der Waals surface area contributed by atoms with Gasteiger partial charge in [-0.2, -0.15) is 0 Å². The van der Waals surface area contributed by atoms with Crippen LogP contribution < -0.4 is 10.6 Å². The molecule has 0 bridgehead atoms. The molecule has 1 heterocycles. The summed E-state index contributed by atoms with van der Waals surface area (Å²) >= 11 is 3.42. The zero-order valence-corrected chi connectivity index (χ0v) is 14.3. The third-order valence-electron chi connectivity index (χ3n) is 3.79. The minimum atomic E-state index is -0.204. The first-order chi connectivity index (χ1) is 9.17. The molecular weight excluding hydrogens is 319 g/mol. The molecule has 1 saturated heterocycles. The Bertz CT molecular complexity index is 469. The van der Waals surface area contributed by atoms with Crippen molar-refractivity contribution in [1.29, 1.82) is 0 Å². The Labute approximate surface area is 129 Å². The predicted octanol–water partition coefficient (Wildman–Crippen LogP) is 3.99. The minimum absolute atomic E-state index is 0.138. The molecule has 1 aliphatic rings. The molecule has 0 radical (unpaired) electrons. The monoisotopic (exact) mass is 342 g/mol. The highest BCUT2D eigenvalue weighted by Crippen LogP contribution is 2.29. The molecule has 2 rings (SSSR count). The van der Waals surface area contributed by atoms with Gasteiger partial charge in [-0.3, -0.25) is 0 Å². The lowest BCUT2D eigenvalue weighted by molar-refractivity contribution is 0.145. The number of halogens is 2. The van der Waals surface area contributed by atoms with Crippen LogP contribution in [0.15, 0.2) is 22.7 Å². The zero-order valence-electron chi connectivity index (χ0n) is 12.7. The summed E-state index contributed by atoms with van der Waals surface area (Å²) in [5, 5.41) is 7.30. The van der Waals surface area contributed by atoms with Gasteiger partial charge in [-0.25, -0.2) is 4.39 Å². The second kappa shape index (κ2) is 5.74. The lowest BCUT2D eigenvalue weighted by Gasteiger charge is -2.46. The quantitative estimate of drug-likeness (QED) is 0.867. The summed E-state index contributed by atoms with van der Waals surface area (Å²) in [6.07, 6.45) is 2.19. The molecule has 2 N–H and O–H groups in total. The van der Waals surface area contributed by atoms with Crippen LogP contribution in [0, 0.1) is 5.82 Å². The number of benzene rings is 1. The third-order valence-corrected chi connectivity index (χ3v) is 4.52. The van der Waals surface area contributed by atoms with Crippen LogP contribution in [-0.2, 0) is 6.54 Å². The molecule has 112 valence electrons. The van der Waals surface area contributed by atoms with Gasteiger partial charge in [0.15, 0.2) is 0 Å². The maximum absolute atomic E-state index is 13.1. The van der Waals surface area contributed by atoms with Gasteiger partial charge in [0, 0.05) is 28.1 Å². The van der Waals surface area contributed by atoms with Gasteiger partial charge >= 0.3 is 0 Å². The van der Waals surface area contributed by atoms with Crippen molar-refractivity contribution in [2.24, 2.45) is 0 Å². The van der Waals surface area contributed by atoms with Crippen molar-refractivity contribution in [1.82, 2.24) is 10.6 Å². The van der Waals surface area contributed by atoms with Gasteiger partial charge in [0.05, 0.1) is 0 Å². The summed E-state index contributed by atoms with van der Waals surface area (Å²) < 4.78 is 13.9. The molecule has 0 atom stereocenters. The van der Waals surface area contributed by atoms with E-state index in [4.69, 9.17) is 0 Å². The number of hydrogen-bond acceptors (Lipinski definition) is 2. The largest absolute Gasteiger partial charge is 0.310 e. The van der Waals surface area contributed by atoms with E-state index in [1.165, 1.54) is 12.1 Å². The van der Waals surface area contributed by atoms with Crippen LogP contribution in [0.25, 0.3) is 0 Å². The summed E-state index contributed by atoms with van der Waals surface area (Å²) in [5.74, 6) is -0.204. The summed E-state index contributed by atoms with van der Waals surface area (Å²) in [4.78, 5) is 0. The molecule has 0 aromatic heterocycles. The van der Waals surface area contributed by atoms with Crippen LogP contribution in [0.4, 0.5) is 4.39 Å². The molecule has 2 nitrogen and oxygen atoms in total. The smallest absolute Gasteiger partial charge is 0.124 e. The second-order valence-electron chi connectivity index (χ2n) is 7.11. The topological polar surface area (TPSA) is 24.1 Å². The van der Waals surface area contributed by atoms with Crippen molar-refractivity contribution in [3.05, 3.63) is 34.1 Å². The summed E-state index contributed by atoms with van der Waals surface area (Å²) in [7, 11) is 0. The molecule has 0 saturated carbocycles. The standard InChI is InChI=1S/C16H24BrFN2/c1-15(2)8-13(9-16(3,4)20-15)19-10-11-5-6-12(18)7-14(11)17/h5-7,13,19-20H,8-10H2,1-4H3. The summed E-state index contributed by atoms with van der Waals surface area (Å²) in [6, 6.07) is 5.34. The van der Waals surface area contributed by atoms with E-state index in [2.05, 4.69) is 54.3 Å². The average molecular weight is 343 g/mol. The molecule has 1 aliphatic heterocycles. The van der Waals surface area contributed by atoms with Gasteiger partial charge in [-0.15, -0.1) is 0 Å². The highest BCUT2D eigenvalue weighted by molar-refractivity contribution is 9.10. The number of hydrogen-bond donors (Lipinski definition) is 2. The van der Waals surface area contributed by atoms with E-state index in [9.17, 15) is 4.39 Å². The number of rotatable bonds is 3. The first-order valence-corrected chi connectivity index (χ1v) is 7.93. The second-order valence-corrected chi connectivity index (χ2v) is 7.97. The lowest BCUT2D eigenvalue weighted by atomic mass is 9.79. The minimum Gasteiger partial charge on any atom is -0.310 e. The average Bonchev–Trinajstić information content (AvgIpc) is 2.23. The SMILES string of the molecule is CC1(C)CC(NCc2ccc(F)cc2Br)CC(C)(C)N1. The van der Waals surface area contributed by atoms with E-state index in [0.717, 1.165) is 29.4 Å². The van der Waals surface area contributed by atoms with Gasteiger partial charge in [-0.1, -0.05) is 22.0 Å². The van der Waals surface area contributed by atoms with Gasteiger partial charge in [-0.05, 0) is 58.2 Å². The van der Waals surface area contributed by atoms with Crippen LogP contribution >= 0.6 is 15.9 Å². The highest BCUT2D eigenvalue weighted by atomic mass is 79.9. The molecule has 20 heavy (non-hydrogen) atoms. The Kier molecular flexibility index (Phi) is 4.57. The van der Waals surface area contributed by atoms with E-state index < -0.39 is 0 Å². The molecule has 0 aliphatic carbocycles. The Balaban J connectivity index is 2.00. The Morgan fingerprint density at radius 2 is 1.85 bits per heavy atom. The molecule has 1 aromatic carbocycles. The van der Waals surface area contributed by atoms with E-state index in [0.29, 0.717) is 6.04 Å². The normalized spacial score (nSPS) is 21.9. The molecule has 0 spiro atoms. The summed E-state index contributed by atoms with van der Waals surface area (Å²) in [6.45, 7) is 9.75. The van der Waals surface area contributed by atoms with Gasteiger partial charge in [0.25, 0.3) is 0 Å². The number of nitrogens with one attached hydrogen (secondary N) is 2.